The number of carbonyl (C=O) groups is 1. The van der Waals surface area contributed by atoms with Crippen molar-refractivity contribution in [2.24, 2.45) is 5.73 Å². The van der Waals surface area contributed by atoms with E-state index < -0.39 is 13.9 Å². The van der Waals surface area contributed by atoms with Crippen LogP contribution in [0.25, 0.3) is 0 Å². The molecule has 2 atom stereocenters. The fourth-order valence-electron chi connectivity index (χ4n) is 5.89. The van der Waals surface area contributed by atoms with Crippen molar-refractivity contribution in [3.05, 3.63) is 36.6 Å². The van der Waals surface area contributed by atoms with Gasteiger partial charge in [-0.05, 0) is 76.7 Å². The summed E-state index contributed by atoms with van der Waals surface area (Å²) in [6.45, 7) is 4.22. The largest absolute Gasteiger partial charge is 0.498 e. The van der Waals surface area contributed by atoms with Crippen molar-refractivity contribution in [2.45, 2.75) is 206 Å². The molecule has 0 saturated carbocycles. The van der Waals surface area contributed by atoms with Crippen LogP contribution in [0, 0.1) is 0 Å². The molecule has 0 rings (SSSR count). The summed E-state index contributed by atoms with van der Waals surface area (Å²) in [6.07, 6.45) is 46.8. The molecule has 0 spiro atoms. The Bertz CT molecular complexity index is 895. The summed E-state index contributed by atoms with van der Waals surface area (Å²) >= 11 is 0. The second-order valence-electron chi connectivity index (χ2n) is 14.3. The van der Waals surface area contributed by atoms with Gasteiger partial charge in [0.15, 0.2) is 6.10 Å². The quantitative estimate of drug-likeness (QED) is 0.0208. The highest BCUT2D eigenvalue weighted by Gasteiger charge is 2.25. The standard InChI is InChI=1S/C43H82NO7P/c1-3-5-7-9-11-13-15-17-19-21-22-24-26-28-30-32-34-36-43(45)51-42(41-50-52(46,47)49-39-37-44)40-48-38-35-33-31-29-27-25-23-20-18-16-14-12-10-8-6-4-2/h14,16-17,19,35,38,42H,3-13,15,18,20-34,36-37,39-41,44H2,1-2H3,(H,46,47)/t42-/m1/s1. The Balaban J connectivity index is 4.09. The minimum absolute atomic E-state index is 0.0283. The number of phosphoric acid groups is 1. The molecule has 9 heteroatoms. The molecule has 0 aliphatic rings. The van der Waals surface area contributed by atoms with Crippen molar-refractivity contribution in [3.8, 4) is 0 Å². The molecule has 0 aromatic heterocycles. The Morgan fingerprint density at radius 3 is 1.44 bits per heavy atom. The maximum Gasteiger partial charge on any atom is 0.472 e. The van der Waals surface area contributed by atoms with Crippen molar-refractivity contribution in [3.63, 3.8) is 0 Å². The van der Waals surface area contributed by atoms with Crippen LogP contribution in [0.15, 0.2) is 36.6 Å². The zero-order chi connectivity index (χ0) is 38.1. The molecule has 306 valence electrons. The lowest BCUT2D eigenvalue weighted by atomic mass is 10.1. The molecule has 0 amide bonds. The number of hydrogen-bond acceptors (Lipinski definition) is 7. The van der Waals surface area contributed by atoms with E-state index in [-0.39, 0.29) is 32.3 Å². The van der Waals surface area contributed by atoms with Gasteiger partial charge in [0.1, 0.15) is 6.61 Å². The second-order valence-corrected chi connectivity index (χ2v) is 15.7. The number of hydrogen-bond donors (Lipinski definition) is 2. The van der Waals surface area contributed by atoms with Gasteiger partial charge >= 0.3 is 13.8 Å². The Morgan fingerprint density at radius 1 is 0.577 bits per heavy atom. The van der Waals surface area contributed by atoms with E-state index in [4.69, 9.17) is 24.3 Å². The van der Waals surface area contributed by atoms with E-state index in [1.807, 2.05) is 6.08 Å². The third-order valence-corrected chi connectivity index (χ3v) is 10.1. The van der Waals surface area contributed by atoms with Gasteiger partial charge in [0.05, 0.1) is 19.5 Å². The maximum atomic E-state index is 12.6. The molecule has 0 aromatic carbocycles. The lowest BCUT2D eigenvalue weighted by Crippen LogP contribution is -2.27. The van der Waals surface area contributed by atoms with Crippen LogP contribution < -0.4 is 5.73 Å². The van der Waals surface area contributed by atoms with Crippen LogP contribution in [0.5, 0.6) is 0 Å². The highest BCUT2D eigenvalue weighted by molar-refractivity contribution is 7.47. The van der Waals surface area contributed by atoms with E-state index in [9.17, 15) is 14.3 Å². The molecule has 1 unspecified atom stereocenters. The normalized spacial score (nSPS) is 13.8. The molecule has 3 N–H and O–H groups in total. The molecule has 0 fully saturated rings. The van der Waals surface area contributed by atoms with Gasteiger partial charge in [0, 0.05) is 13.0 Å². The lowest BCUT2D eigenvalue weighted by molar-refractivity contribution is -0.153. The summed E-state index contributed by atoms with van der Waals surface area (Å²) in [5.41, 5.74) is 5.36. The number of phosphoric ester groups is 1. The zero-order valence-electron chi connectivity index (χ0n) is 33.8. The van der Waals surface area contributed by atoms with Gasteiger partial charge in [-0.1, -0.05) is 147 Å². The van der Waals surface area contributed by atoms with Crippen molar-refractivity contribution < 1.29 is 32.8 Å². The Labute approximate surface area is 320 Å². The molecule has 0 saturated heterocycles. The molecular formula is C43H82NO7P. The first-order valence-corrected chi connectivity index (χ1v) is 23.0. The van der Waals surface area contributed by atoms with Crippen LogP contribution in [-0.2, 0) is 27.9 Å². The van der Waals surface area contributed by atoms with Crippen LogP contribution in [0.3, 0.4) is 0 Å². The van der Waals surface area contributed by atoms with Gasteiger partial charge in [-0.2, -0.15) is 0 Å². The predicted molar refractivity (Wildman–Crippen MR) is 219 cm³/mol. The Kier molecular flexibility index (Phi) is 39.6. The summed E-state index contributed by atoms with van der Waals surface area (Å²) in [5, 5.41) is 0. The van der Waals surface area contributed by atoms with Gasteiger partial charge < -0.3 is 20.1 Å². The number of esters is 1. The molecule has 0 radical (unpaired) electrons. The highest BCUT2D eigenvalue weighted by atomic mass is 31.2. The van der Waals surface area contributed by atoms with E-state index in [0.29, 0.717) is 6.42 Å². The molecule has 0 heterocycles. The second kappa shape index (κ2) is 40.7. The molecule has 0 bridgehead atoms. The topological polar surface area (TPSA) is 117 Å². The van der Waals surface area contributed by atoms with Gasteiger partial charge in [-0.3, -0.25) is 13.8 Å². The van der Waals surface area contributed by atoms with Crippen LogP contribution in [-0.4, -0.2) is 43.3 Å². The first kappa shape index (κ1) is 50.6. The SMILES string of the molecule is CCCCCCC=CCCCCCCCCC=COC[C@H](COP(=O)(O)OCCN)OC(=O)CCCCCCCCCC=CCCCCCCCC. The predicted octanol–water partition coefficient (Wildman–Crippen LogP) is 13.0. The number of ether oxygens (including phenoxy) is 2. The fourth-order valence-corrected chi connectivity index (χ4v) is 6.66. The number of unbranched alkanes of at least 4 members (excludes halogenated alkanes) is 24. The van der Waals surface area contributed by atoms with Crippen LogP contribution >= 0.6 is 7.82 Å². The van der Waals surface area contributed by atoms with Crippen molar-refractivity contribution in [1.82, 2.24) is 0 Å². The van der Waals surface area contributed by atoms with E-state index in [0.717, 1.165) is 32.1 Å². The molecule has 0 aromatic rings. The number of nitrogens with two attached hydrogens (primary N) is 1. The molecule has 0 aliphatic heterocycles. The smallest absolute Gasteiger partial charge is 0.472 e. The maximum absolute atomic E-state index is 12.6. The lowest BCUT2D eigenvalue weighted by Gasteiger charge is -2.19. The van der Waals surface area contributed by atoms with Crippen molar-refractivity contribution >= 4 is 13.8 Å². The van der Waals surface area contributed by atoms with E-state index in [2.05, 4.69) is 38.2 Å². The average molecular weight is 756 g/mol. The van der Waals surface area contributed by atoms with Gasteiger partial charge in [0.25, 0.3) is 0 Å². The summed E-state index contributed by atoms with van der Waals surface area (Å²) < 4.78 is 33.2. The summed E-state index contributed by atoms with van der Waals surface area (Å²) in [4.78, 5) is 22.4. The Morgan fingerprint density at radius 2 is 0.981 bits per heavy atom. The van der Waals surface area contributed by atoms with Crippen LogP contribution in [0.2, 0.25) is 0 Å². The molecular weight excluding hydrogens is 673 g/mol. The van der Waals surface area contributed by atoms with Gasteiger partial charge in [0.2, 0.25) is 0 Å². The van der Waals surface area contributed by atoms with Crippen LogP contribution in [0.1, 0.15) is 200 Å². The molecule has 52 heavy (non-hydrogen) atoms. The Hall–Kier alpha value is -1.44. The summed E-state index contributed by atoms with van der Waals surface area (Å²) in [7, 11) is -4.29. The van der Waals surface area contributed by atoms with Crippen molar-refractivity contribution in [1.29, 1.82) is 0 Å². The fraction of sp³-hybridized carbons (Fsp3) is 0.837. The first-order valence-electron chi connectivity index (χ1n) is 21.5. The van der Waals surface area contributed by atoms with Gasteiger partial charge in [-0.25, -0.2) is 4.57 Å². The molecule has 0 aliphatic carbocycles. The van der Waals surface area contributed by atoms with Crippen LogP contribution in [0.4, 0.5) is 0 Å². The average Bonchev–Trinajstić information content (AvgIpc) is 3.13. The minimum atomic E-state index is -4.29. The van der Waals surface area contributed by atoms with E-state index in [1.165, 1.54) is 148 Å². The van der Waals surface area contributed by atoms with Crippen molar-refractivity contribution in [2.75, 3.05) is 26.4 Å². The number of rotatable bonds is 41. The monoisotopic (exact) mass is 756 g/mol. The number of carbonyl (C=O) groups excluding carboxylic acids is 1. The highest BCUT2D eigenvalue weighted by Crippen LogP contribution is 2.43. The van der Waals surface area contributed by atoms with E-state index >= 15 is 0 Å². The minimum Gasteiger partial charge on any atom is -0.498 e. The zero-order valence-corrected chi connectivity index (χ0v) is 34.7. The number of allylic oxidation sites excluding steroid dienone is 5. The molecule has 8 nitrogen and oxygen atoms in total. The van der Waals surface area contributed by atoms with Gasteiger partial charge in [-0.15, -0.1) is 0 Å². The van der Waals surface area contributed by atoms with E-state index in [1.54, 1.807) is 6.26 Å². The summed E-state index contributed by atoms with van der Waals surface area (Å²) in [5.74, 6) is -0.358. The first-order chi connectivity index (χ1) is 25.4. The third-order valence-electron chi connectivity index (χ3n) is 9.09. The summed E-state index contributed by atoms with van der Waals surface area (Å²) in [6, 6.07) is 0. The third kappa shape index (κ3) is 39.8.